The van der Waals surface area contributed by atoms with Crippen LogP contribution >= 0.6 is 0 Å². The van der Waals surface area contributed by atoms with Crippen LogP contribution in [0.1, 0.15) is 38.7 Å². The number of nitrogens with two attached hydrogens (primary N) is 1. The minimum absolute atomic E-state index is 0.249. The molecular formula is C15H22FNO. The molecule has 100 valence electrons. The van der Waals surface area contributed by atoms with Gasteiger partial charge in [-0.05, 0) is 42.9 Å². The Morgan fingerprint density at radius 1 is 1.33 bits per heavy atom. The summed E-state index contributed by atoms with van der Waals surface area (Å²) in [7, 11) is 1.61. The first-order valence-corrected chi connectivity index (χ1v) is 6.60. The Kier molecular flexibility index (Phi) is 3.62. The van der Waals surface area contributed by atoms with Crippen molar-refractivity contribution in [3.63, 3.8) is 0 Å². The molecule has 2 rings (SSSR count). The quantitative estimate of drug-likeness (QED) is 0.873. The SMILES string of the molecule is COc1ccc(F)cc1C1(N)CC(C)CCC1C. The minimum Gasteiger partial charge on any atom is -0.496 e. The van der Waals surface area contributed by atoms with Crippen molar-refractivity contribution in [3.8, 4) is 5.75 Å². The Hall–Kier alpha value is -1.09. The number of methoxy groups -OCH3 is 1. The molecule has 1 aromatic carbocycles. The molecule has 2 N–H and O–H groups in total. The average Bonchev–Trinajstić information content (AvgIpc) is 2.34. The third-order valence-corrected chi connectivity index (χ3v) is 4.32. The Bertz CT molecular complexity index is 435. The topological polar surface area (TPSA) is 35.2 Å². The lowest BCUT2D eigenvalue weighted by atomic mass is 9.67. The molecule has 0 heterocycles. The van der Waals surface area contributed by atoms with Crippen LogP contribution in [0.4, 0.5) is 4.39 Å². The van der Waals surface area contributed by atoms with Crippen molar-refractivity contribution in [2.75, 3.05) is 7.11 Å². The molecule has 0 spiro atoms. The van der Waals surface area contributed by atoms with Crippen LogP contribution in [0.25, 0.3) is 0 Å². The van der Waals surface area contributed by atoms with Crippen molar-refractivity contribution in [1.29, 1.82) is 0 Å². The van der Waals surface area contributed by atoms with Crippen molar-refractivity contribution in [1.82, 2.24) is 0 Å². The van der Waals surface area contributed by atoms with E-state index in [0.29, 0.717) is 17.6 Å². The van der Waals surface area contributed by atoms with Gasteiger partial charge in [0.1, 0.15) is 11.6 Å². The van der Waals surface area contributed by atoms with Gasteiger partial charge >= 0.3 is 0 Å². The lowest BCUT2D eigenvalue weighted by Gasteiger charge is -2.43. The van der Waals surface area contributed by atoms with E-state index in [0.717, 1.165) is 18.4 Å². The van der Waals surface area contributed by atoms with Crippen LogP contribution in [-0.2, 0) is 5.54 Å². The molecule has 1 aromatic rings. The van der Waals surface area contributed by atoms with Crippen molar-refractivity contribution in [2.24, 2.45) is 17.6 Å². The van der Waals surface area contributed by atoms with E-state index in [1.165, 1.54) is 18.6 Å². The van der Waals surface area contributed by atoms with Gasteiger partial charge in [-0.25, -0.2) is 4.39 Å². The molecular weight excluding hydrogens is 229 g/mol. The van der Waals surface area contributed by atoms with Crippen LogP contribution in [0.15, 0.2) is 18.2 Å². The minimum atomic E-state index is -0.481. The largest absolute Gasteiger partial charge is 0.496 e. The highest BCUT2D eigenvalue weighted by Gasteiger charge is 2.40. The summed E-state index contributed by atoms with van der Waals surface area (Å²) >= 11 is 0. The molecule has 0 bridgehead atoms. The normalized spacial score (nSPS) is 32.3. The van der Waals surface area contributed by atoms with Gasteiger partial charge < -0.3 is 10.5 Å². The van der Waals surface area contributed by atoms with Crippen molar-refractivity contribution < 1.29 is 9.13 Å². The second-order valence-electron chi connectivity index (χ2n) is 5.67. The number of hydrogen-bond donors (Lipinski definition) is 1. The van der Waals surface area contributed by atoms with Crippen LogP contribution in [0.3, 0.4) is 0 Å². The Morgan fingerprint density at radius 3 is 2.72 bits per heavy atom. The van der Waals surface area contributed by atoms with Crippen LogP contribution in [0, 0.1) is 17.7 Å². The molecule has 0 aliphatic heterocycles. The second-order valence-corrected chi connectivity index (χ2v) is 5.67. The van der Waals surface area contributed by atoms with Crippen LogP contribution in [0.2, 0.25) is 0 Å². The summed E-state index contributed by atoms with van der Waals surface area (Å²) in [4.78, 5) is 0. The number of rotatable bonds is 2. The zero-order chi connectivity index (χ0) is 13.3. The average molecular weight is 251 g/mol. The molecule has 3 unspecified atom stereocenters. The van der Waals surface area contributed by atoms with E-state index >= 15 is 0 Å². The summed E-state index contributed by atoms with van der Waals surface area (Å²) in [6, 6.07) is 4.63. The molecule has 1 saturated carbocycles. The first kappa shape index (κ1) is 13.3. The van der Waals surface area contributed by atoms with Gasteiger partial charge in [0.15, 0.2) is 0 Å². The number of halogens is 1. The van der Waals surface area contributed by atoms with Crippen LogP contribution in [0.5, 0.6) is 5.75 Å². The van der Waals surface area contributed by atoms with Gasteiger partial charge in [-0.2, -0.15) is 0 Å². The van der Waals surface area contributed by atoms with Crippen LogP contribution in [-0.4, -0.2) is 7.11 Å². The molecule has 2 nitrogen and oxygen atoms in total. The van der Waals surface area contributed by atoms with E-state index in [9.17, 15) is 4.39 Å². The number of benzene rings is 1. The fourth-order valence-electron chi connectivity index (χ4n) is 3.09. The fourth-order valence-corrected chi connectivity index (χ4v) is 3.09. The maximum absolute atomic E-state index is 13.5. The fraction of sp³-hybridized carbons (Fsp3) is 0.600. The summed E-state index contributed by atoms with van der Waals surface area (Å²) in [6.45, 7) is 4.36. The molecule has 3 atom stereocenters. The summed E-state index contributed by atoms with van der Waals surface area (Å²) < 4.78 is 18.9. The van der Waals surface area contributed by atoms with Gasteiger partial charge in [-0.1, -0.05) is 20.3 Å². The first-order valence-electron chi connectivity index (χ1n) is 6.60. The Balaban J connectivity index is 2.47. The molecule has 3 heteroatoms. The highest BCUT2D eigenvalue weighted by molar-refractivity contribution is 5.40. The summed E-state index contributed by atoms with van der Waals surface area (Å²) in [6.07, 6.45) is 3.16. The predicted molar refractivity (Wildman–Crippen MR) is 71.0 cm³/mol. The second kappa shape index (κ2) is 4.88. The van der Waals surface area contributed by atoms with Crippen molar-refractivity contribution >= 4 is 0 Å². The number of ether oxygens (including phenoxy) is 1. The van der Waals surface area contributed by atoms with E-state index < -0.39 is 5.54 Å². The van der Waals surface area contributed by atoms with E-state index in [2.05, 4.69) is 13.8 Å². The molecule has 1 aliphatic carbocycles. The molecule has 0 saturated heterocycles. The van der Waals surface area contributed by atoms with Gasteiger partial charge in [0.05, 0.1) is 7.11 Å². The molecule has 0 radical (unpaired) electrons. The van der Waals surface area contributed by atoms with E-state index in [1.54, 1.807) is 13.2 Å². The lowest BCUT2D eigenvalue weighted by Crippen LogP contribution is -2.47. The molecule has 0 aromatic heterocycles. The standard InChI is InChI=1S/C15H22FNO/c1-10-4-5-11(2)15(17,9-10)13-8-12(16)6-7-14(13)18-3/h6-8,10-11H,4-5,9,17H2,1-3H3. The van der Waals surface area contributed by atoms with Gasteiger partial charge in [0, 0.05) is 11.1 Å². The molecule has 1 aliphatic rings. The highest BCUT2D eigenvalue weighted by Crippen LogP contribution is 2.45. The van der Waals surface area contributed by atoms with Crippen LogP contribution < -0.4 is 10.5 Å². The smallest absolute Gasteiger partial charge is 0.124 e. The summed E-state index contributed by atoms with van der Waals surface area (Å²) in [5.41, 5.74) is 6.94. The third-order valence-electron chi connectivity index (χ3n) is 4.32. The highest BCUT2D eigenvalue weighted by atomic mass is 19.1. The predicted octanol–water partition coefficient (Wildman–Crippen LogP) is 3.44. The maximum Gasteiger partial charge on any atom is 0.124 e. The van der Waals surface area contributed by atoms with E-state index in [4.69, 9.17) is 10.5 Å². The van der Waals surface area contributed by atoms with E-state index in [1.807, 2.05) is 0 Å². The lowest BCUT2D eigenvalue weighted by molar-refractivity contribution is 0.157. The van der Waals surface area contributed by atoms with E-state index in [-0.39, 0.29) is 5.82 Å². The summed E-state index contributed by atoms with van der Waals surface area (Å²) in [5.74, 6) is 1.35. The summed E-state index contributed by atoms with van der Waals surface area (Å²) in [5, 5.41) is 0. The zero-order valence-electron chi connectivity index (χ0n) is 11.4. The Morgan fingerprint density at radius 2 is 2.06 bits per heavy atom. The first-order chi connectivity index (χ1) is 8.47. The number of hydrogen-bond acceptors (Lipinski definition) is 2. The maximum atomic E-state index is 13.5. The monoisotopic (exact) mass is 251 g/mol. The van der Waals surface area contributed by atoms with Gasteiger partial charge in [0.25, 0.3) is 0 Å². The zero-order valence-corrected chi connectivity index (χ0v) is 11.4. The van der Waals surface area contributed by atoms with Crippen molar-refractivity contribution in [2.45, 2.75) is 38.6 Å². The van der Waals surface area contributed by atoms with Gasteiger partial charge in [0.2, 0.25) is 0 Å². The molecule has 1 fully saturated rings. The van der Waals surface area contributed by atoms with Crippen molar-refractivity contribution in [3.05, 3.63) is 29.6 Å². The third kappa shape index (κ3) is 2.24. The van der Waals surface area contributed by atoms with Gasteiger partial charge in [-0.3, -0.25) is 0 Å². The van der Waals surface area contributed by atoms with Gasteiger partial charge in [-0.15, -0.1) is 0 Å². The molecule has 18 heavy (non-hydrogen) atoms. The Labute approximate surface area is 108 Å². The molecule has 0 amide bonds.